The van der Waals surface area contributed by atoms with Gasteiger partial charge in [0.15, 0.2) is 10.8 Å². The van der Waals surface area contributed by atoms with Gasteiger partial charge in [0.1, 0.15) is 18.8 Å². The summed E-state index contributed by atoms with van der Waals surface area (Å²) in [5.41, 5.74) is 6.43. The van der Waals surface area contributed by atoms with Gasteiger partial charge in [0.05, 0.1) is 6.04 Å². The van der Waals surface area contributed by atoms with Crippen LogP contribution in [0.1, 0.15) is 17.7 Å². The van der Waals surface area contributed by atoms with E-state index in [9.17, 15) is 22.6 Å². The number of nitrogens with two attached hydrogens (primary N) is 1. The maximum atomic E-state index is 12.7. The van der Waals surface area contributed by atoms with Crippen LogP contribution < -0.4 is 11.1 Å². The molecule has 2 aromatic rings. The lowest BCUT2D eigenvalue weighted by molar-refractivity contribution is -0.145. The van der Waals surface area contributed by atoms with E-state index < -0.39 is 34.2 Å². The van der Waals surface area contributed by atoms with E-state index in [1.165, 1.54) is 12.5 Å². The van der Waals surface area contributed by atoms with Crippen LogP contribution in [0.4, 0.5) is 5.13 Å². The van der Waals surface area contributed by atoms with E-state index in [1.54, 1.807) is 0 Å². The molecule has 0 unspecified atom stereocenters. The van der Waals surface area contributed by atoms with Gasteiger partial charge in [-0.2, -0.15) is 8.42 Å². The second kappa shape index (κ2) is 8.77. The van der Waals surface area contributed by atoms with Crippen molar-refractivity contribution in [3.8, 4) is 0 Å². The fraction of sp³-hybridized carbons (Fsp3) is 0.294. The van der Waals surface area contributed by atoms with Crippen LogP contribution in [0.25, 0.3) is 0 Å². The van der Waals surface area contributed by atoms with E-state index in [4.69, 9.17) is 5.73 Å². The predicted octanol–water partition coefficient (Wildman–Crippen LogP) is 0.207. The third-order valence-electron chi connectivity index (χ3n) is 4.44. The molecule has 1 aromatic carbocycles. The number of oxime groups is 1. The van der Waals surface area contributed by atoms with Crippen LogP contribution in [0, 0.1) is 0 Å². The highest BCUT2D eigenvalue weighted by molar-refractivity contribution is 7.84. The Balaban J connectivity index is 1.78. The molecular formula is C17H19N5O6S2. The first-order valence-corrected chi connectivity index (χ1v) is 11.0. The number of rotatable bonds is 8. The number of benzene rings is 1. The van der Waals surface area contributed by atoms with E-state index in [0.717, 1.165) is 16.9 Å². The van der Waals surface area contributed by atoms with Crippen molar-refractivity contribution in [2.45, 2.75) is 24.9 Å². The molecule has 160 valence electrons. The van der Waals surface area contributed by atoms with Crippen molar-refractivity contribution < 1.29 is 27.4 Å². The first kappa shape index (κ1) is 21.7. The molecule has 13 heteroatoms. The molecule has 4 N–H and O–H groups in total. The monoisotopic (exact) mass is 453 g/mol. The highest BCUT2D eigenvalue weighted by Crippen LogP contribution is 2.27. The Labute approximate surface area is 176 Å². The van der Waals surface area contributed by atoms with Gasteiger partial charge in [-0.3, -0.25) is 14.1 Å². The zero-order valence-corrected chi connectivity index (χ0v) is 17.4. The molecule has 11 nitrogen and oxygen atoms in total. The van der Waals surface area contributed by atoms with Gasteiger partial charge in [0, 0.05) is 5.38 Å². The van der Waals surface area contributed by atoms with E-state index in [1.807, 2.05) is 30.3 Å². The number of nitrogen functional groups attached to an aromatic ring is 1. The summed E-state index contributed by atoms with van der Waals surface area (Å²) in [6.45, 7) is 0. The first-order chi connectivity index (χ1) is 14.2. The maximum Gasteiger partial charge on any atom is 0.362 e. The lowest BCUT2D eigenvalue weighted by Gasteiger charge is -2.44. The normalized spacial score (nSPS) is 19.3. The minimum Gasteiger partial charge on any atom is -0.398 e. The smallest absolute Gasteiger partial charge is 0.362 e. The lowest BCUT2D eigenvalue weighted by atomic mass is 9.92. The average Bonchev–Trinajstić information content (AvgIpc) is 3.12. The molecule has 1 aliphatic rings. The molecule has 2 heterocycles. The Morgan fingerprint density at radius 3 is 2.67 bits per heavy atom. The second-order valence-corrected chi connectivity index (χ2v) is 8.53. The van der Waals surface area contributed by atoms with E-state index in [2.05, 4.69) is 20.3 Å². The summed E-state index contributed by atoms with van der Waals surface area (Å²) in [6, 6.07) is 7.07. The highest BCUT2D eigenvalue weighted by atomic mass is 32.2. The summed E-state index contributed by atoms with van der Waals surface area (Å²) in [7, 11) is -3.53. The van der Waals surface area contributed by atoms with Crippen LogP contribution >= 0.6 is 11.3 Å². The highest BCUT2D eigenvalue weighted by Gasteiger charge is 2.53. The van der Waals surface area contributed by atoms with Crippen molar-refractivity contribution in [2.75, 3.05) is 12.8 Å². The molecule has 30 heavy (non-hydrogen) atoms. The Hall–Kier alpha value is -3.03. The Bertz CT molecular complexity index is 1070. The van der Waals surface area contributed by atoms with Crippen molar-refractivity contribution in [1.29, 1.82) is 0 Å². The molecule has 0 radical (unpaired) electrons. The molecule has 1 fully saturated rings. The molecule has 1 saturated heterocycles. The number of thiazole rings is 1. The Kier molecular flexibility index (Phi) is 6.34. The van der Waals surface area contributed by atoms with Crippen molar-refractivity contribution in [3.63, 3.8) is 0 Å². The summed E-state index contributed by atoms with van der Waals surface area (Å²) in [5.74, 6) is -1.74. The number of carbonyl (C=O) groups excluding carboxylic acids is 2. The van der Waals surface area contributed by atoms with Crippen molar-refractivity contribution in [1.82, 2.24) is 14.6 Å². The summed E-state index contributed by atoms with van der Waals surface area (Å²) in [6.07, 6.45) is 0.625. The molecule has 0 saturated carbocycles. The van der Waals surface area contributed by atoms with Gasteiger partial charge in [-0.15, -0.1) is 11.3 Å². The number of nitrogens with zero attached hydrogens (tertiary/aromatic N) is 3. The van der Waals surface area contributed by atoms with E-state index in [-0.39, 0.29) is 23.0 Å². The molecule has 0 aliphatic carbocycles. The molecule has 1 aromatic heterocycles. The van der Waals surface area contributed by atoms with Crippen LogP contribution in [0.5, 0.6) is 0 Å². The third-order valence-corrected chi connectivity index (χ3v) is 6.06. The quantitative estimate of drug-likeness (QED) is 0.221. The largest absolute Gasteiger partial charge is 0.398 e. The van der Waals surface area contributed by atoms with Gasteiger partial charge in [-0.05, 0) is 18.4 Å². The lowest BCUT2D eigenvalue weighted by Crippen LogP contribution is -2.72. The number of carbonyl (C=O) groups is 2. The number of nitrogens with one attached hydrogen (secondary N) is 1. The zero-order valence-electron chi connectivity index (χ0n) is 15.8. The number of aromatic nitrogens is 1. The van der Waals surface area contributed by atoms with E-state index in [0.29, 0.717) is 10.7 Å². The summed E-state index contributed by atoms with van der Waals surface area (Å²) in [5, 5.41) is 7.79. The average molecular weight is 454 g/mol. The molecular weight excluding hydrogens is 434 g/mol. The first-order valence-electron chi connectivity index (χ1n) is 8.70. The van der Waals surface area contributed by atoms with Gasteiger partial charge in [0.2, 0.25) is 0 Å². The maximum absolute atomic E-state index is 12.7. The van der Waals surface area contributed by atoms with Crippen LogP contribution in [0.2, 0.25) is 0 Å². The van der Waals surface area contributed by atoms with Gasteiger partial charge >= 0.3 is 10.3 Å². The molecule has 1 aliphatic heterocycles. The number of hydrogen-bond acceptors (Lipinski definition) is 9. The third kappa shape index (κ3) is 4.58. The molecule has 2 amide bonds. The zero-order chi connectivity index (χ0) is 21.9. The predicted molar refractivity (Wildman–Crippen MR) is 109 cm³/mol. The molecule has 0 bridgehead atoms. The minimum atomic E-state index is -4.77. The van der Waals surface area contributed by atoms with Crippen LogP contribution in [-0.4, -0.2) is 59.0 Å². The number of aryl methyl sites for hydroxylation is 1. The van der Waals surface area contributed by atoms with Crippen LogP contribution in [0.3, 0.4) is 0 Å². The van der Waals surface area contributed by atoms with Crippen molar-refractivity contribution in [3.05, 3.63) is 47.0 Å². The second-order valence-electron chi connectivity index (χ2n) is 6.35. The standard InChI is InChI=1S/C17H19N5O6S2/c1-28-21-13(11-9-29-17(18)19-11)15(23)20-14-12(22(16(14)24)30(25,26)27)8-7-10-5-3-2-4-6-10/h2-6,9,12,14H,7-8H2,1H3,(H2,18,19)(H,20,23)(H,25,26,27)/b21-13-/t12-,14+/m0/s1. The van der Waals surface area contributed by atoms with Crippen molar-refractivity contribution in [2.24, 2.45) is 5.16 Å². The number of amides is 2. The summed E-state index contributed by atoms with van der Waals surface area (Å²) >= 11 is 1.09. The minimum absolute atomic E-state index is 0.149. The Morgan fingerprint density at radius 1 is 1.40 bits per heavy atom. The van der Waals surface area contributed by atoms with Gasteiger partial charge in [-0.25, -0.2) is 9.29 Å². The fourth-order valence-corrected chi connectivity index (χ4v) is 4.56. The fourth-order valence-electron chi connectivity index (χ4n) is 3.11. The van der Waals surface area contributed by atoms with Gasteiger partial charge < -0.3 is 15.9 Å². The Morgan fingerprint density at radius 2 is 2.10 bits per heavy atom. The van der Waals surface area contributed by atoms with Gasteiger partial charge in [0.25, 0.3) is 11.8 Å². The molecule has 0 spiro atoms. The molecule has 3 rings (SSSR count). The number of anilines is 1. The topological polar surface area (TPSA) is 164 Å². The van der Waals surface area contributed by atoms with E-state index >= 15 is 0 Å². The van der Waals surface area contributed by atoms with Crippen LogP contribution in [-0.2, 0) is 31.2 Å². The SMILES string of the molecule is CO/N=C(\C(=O)N[C@H]1C(=O)N(S(=O)(=O)O)[C@H]1CCc1ccccc1)c1csc(N)n1. The number of β-lactam (4-membered cyclic amide) rings is 1. The summed E-state index contributed by atoms with van der Waals surface area (Å²) < 4.78 is 33.0. The van der Waals surface area contributed by atoms with Crippen molar-refractivity contribution >= 4 is 44.3 Å². The molecule has 2 atom stereocenters. The van der Waals surface area contributed by atoms with Crippen LogP contribution in [0.15, 0.2) is 40.9 Å². The number of hydrogen-bond donors (Lipinski definition) is 3. The van der Waals surface area contributed by atoms with Gasteiger partial charge in [-0.1, -0.05) is 35.5 Å². The summed E-state index contributed by atoms with van der Waals surface area (Å²) in [4.78, 5) is 33.7.